The van der Waals surface area contributed by atoms with Crippen LogP contribution in [0.1, 0.15) is 19.4 Å². The van der Waals surface area contributed by atoms with E-state index in [0.717, 1.165) is 12.1 Å². The van der Waals surface area contributed by atoms with Gasteiger partial charge in [-0.15, -0.1) is 0 Å². The maximum absolute atomic E-state index is 12.8. The first kappa shape index (κ1) is 15.4. The van der Waals surface area contributed by atoms with Gasteiger partial charge in [-0.1, -0.05) is 24.3 Å². The Hall–Kier alpha value is -2.49. The van der Waals surface area contributed by atoms with E-state index in [9.17, 15) is 4.79 Å². The predicted molar refractivity (Wildman–Crippen MR) is 90.2 cm³/mol. The number of nitrogens with zero attached hydrogens (tertiary/aromatic N) is 1. The molecule has 0 saturated heterocycles. The highest BCUT2D eigenvalue weighted by Crippen LogP contribution is 2.32. The van der Waals surface area contributed by atoms with Gasteiger partial charge in [0.15, 0.2) is 6.10 Å². The number of rotatable bonds is 4. The summed E-state index contributed by atoms with van der Waals surface area (Å²) < 4.78 is 11.0. The third-order valence-corrected chi connectivity index (χ3v) is 4.15. The molecule has 1 aliphatic rings. The molecule has 1 aliphatic heterocycles. The van der Waals surface area contributed by atoms with Crippen LogP contribution in [-0.2, 0) is 11.2 Å². The summed E-state index contributed by atoms with van der Waals surface area (Å²) in [5, 5.41) is 0. The molecule has 4 nitrogen and oxygen atoms in total. The van der Waals surface area contributed by atoms with Crippen LogP contribution in [0.5, 0.6) is 11.5 Å². The fourth-order valence-corrected chi connectivity index (χ4v) is 3.03. The number of amides is 1. The average Bonchev–Trinajstić information content (AvgIpc) is 2.90. The van der Waals surface area contributed by atoms with Crippen molar-refractivity contribution in [3.8, 4) is 11.5 Å². The van der Waals surface area contributed by atoms with E-state index in [2.05, 4.69) is 13.0 Å². The maximum Gasteiger partial charge on any atom is 0.268 e. The monoisotopic (exact) mass is 311 g/mol. The molecule has 120 valence electrons. The topological polar surface area (TPSA) is 38.8 Å². The number of hydrogen-bond acceptors (Lipinski definition) is 3. The van der Waals surface area contributed by atoms with E-state index in [1.54, 1.807) is 20.1 Å². The summed E-state index contributed by atoms with van der Waals surface area (Å²) in [5.74, 6) is 1.32. The Balaban J connectivity index is 1.77. The first-order valence-corrected chi connectivity index (χ1v) is 7.82. The molecule has 0 unspecified atom stereocenters. The fraction of sp³-hybridized carbons (Fsp3) is 0.316. The van der Waals surface area contributed by atoms with Crippen molar-refractivity contribution in [1.82, 2.24) is 0 Å². The summed E-state index contributed by atoms with van der Waals surface area (Å²) in [7, 11) is 1.61. The number of fused-ring (bicyclic) bond motifs is 1. The smallest absolute Gasteiger partial charge is 0.268 e. The molecule has 0 radical (unpaired) electrons. The highest BCUT2D eigenvalue weighted by molar-refractivity contribution is 5.99. The number of para-hydroxylation sites is 1. The molecule has 1 heterocycles. The molecule has 2 aromatic rings. The van der Waals surface area contributed by atoms with E-state index in [-0.39, 0.29) is 11.9 Å². The van der Waals surface area contributed by atoms with Crippen LogP contribution in [0.4, 0.5) is 5.69 Å². The number of hydrogen-bond donors (Lipinski definition) is 0. The Bertz CT molecular complexity index is 713. The highest BCUT2D eigenvalue weighted by Gasteiger charge is 2.33. The molecule has 0 spiro atoms. The summed E-state index contributed by atoms with van der Waals surface area (Å²) in [6.07, 6.45) is 0.323. The van der Waals surface area contributed by atoms with Crippen molar-refractivity contribution in [3.05, 3.63) is 54.1 Å². The zero-order chi connectivity index (χ0) is 16.4. The normalized spacial score (nSPS) is 17.5. The van der Waals surface area contributed by atoms with Crippen molar-refractivity contribution >= 4 is 11.6 Å². The molecule has 0 N–H and O–H groups in total. The largest absolute Gasteiger partial charge is 0.497 e. The standard InChI is InChI=1S/C19H21NO3/c1-13-11-15-7-4-5-10-18(15)20(13)19(21)14(2)23-17-9-6-8-16(12-17)22-3/h4-10,12-14H,11H2,1-3H3/t13-,14+/m1/s1. The van der Waals surface area contributed by atoms with Crippen LogP contribution in [0.15, 0.2) is 48.5 Å². The summed E-state index contributed by atoms with van der Waals surface area (Å²) in [5.41, 5.74) is 2.20. The van der Waals surface area contributed by atoms with Gasteiger partial charge in [-0.2, -0.15) is 0 Å². The van der Waals surface area contributed by atoms with Gasteiger partial charge in [-0.3, -0.25) is 4.79 Å². The highest BCUT2D eigenvalue weighted by atomic mass is 16.5. The lowest BCUT2D eigenvalue weighted by Crippen LogP contribution is -2.43. The van der Waals surface area contributed by atoms with Gasteiger partial charge in [0.1, 0.15) is 11.5 Å². The molecule has 23 heavy (non-hydrogen) atoms. The zero-order valence-electron chi connectivity index (χ0n) is 13.7. The van der Waals surface area contributed by atoms with Gasteiger partial charge in [0.2, 0.25) is 0 Å². The summed E-state index contributed by atoms with van der Waals surface area (Å²) >= 11 is 0. The molecule has 2 aromatic carbocycles. The summed E-state index contributed by atoms with van der Waals surface area (Å²) in [6, 6.07) is 15.5. The van der Waals surface area contributed by atoms with Crippen LogP contribution >= 0.6 is 0 Å². The molecule has 4 heteroatoms. The van der Waals surface area contributed by atoms with Crippen molar-refractivity contribution in [2.75, 3.05) is 12.0 Å². The van der Waals surface area contributed by atoms with E-state index in [1.165, 1.54) is 5.56 Å². The minimum absolute atomic E-state index is 0.0229. The third kappa shape index (κ3) is 3.02. The molecule has 2 atom stereocenters. The molecule has 0 aromatic heterocycles. The Morgan fingerprint density at radius 1 is 1.17 bits per heavy atom. The van der Waals surface area contributed by atoms with E-state index in [1.807, 2.05) is 41.3 Å². The summed E-state index contributed by atoms with van der Waals surface area (Å²) in [6.45, 7) is 3.85. The lowest BCUT2D eigenvalue weighted by Gasteiger charge is -2.26. The second-order valence-electron chi connectivity index (χ2n) is 5.83. The third-order valence-electron chi connectivity index (χ3n) is 4.15. The van der Waals surface area contributed by atoms with Crippen LogP contribution in [0, 0.1) is 0 Å². The maximum atomic E-state index is 12.8. The Morgan fingerprint density at radius 2 is 1.91 bits per heavy atom. The fourth-order valence-electron chi connectivity index (χ4n) is 3.03. The van der Waals surface area contributed by atoms with Crippen LogP contribution < -0.4 is 14.4 Å². The SMILES string of the molecule is COc1cccc(O[C@@H](C)C(=O)N2c3ccccc3C[C@H]2C)c1. The van der Waals surface area contributed by atoms with Gasteiger partial charge in [0.25, 0.3) is 5.91 Å². The van der Waals surface area contributed by atoms with Crippen molar-refractivity contribution in [2.45, 2.75) is 32.4 Å². The number of methoxy groups -OCH3 is 1. The van der Waals surface area contributed by atoms with E-state index in [4.69, 9.17) is 9.47 Å². The van der Waals surface area contributed by atoms with Crippen molar-refractivity contribution < 1.29 is 14.3 Å². The van der Waals surface area contributed by atoms with Gasteiger partial charge in [-0.25, -0.2) is 0 Å². The predicted octanol–water partition coefficient (Wildman–Crippen LogP) is 3.44. The van der Waals surface area contributed by atoms with Crippen molar-refractivity contribution in [3.63, 3.8) is 0 Å². The van der Waals surface area contributed by atoms with Crippen LogP contribution in [0.2, 0.25) is 0 Å². The molecular formula is C19H21NO3. The molecule has 0 aliphatic carbocycles. The van der Waals surface area contributed by atoms with E-state index < -0.39 is 6.10 Å². The quantitative estimate of drug-likeness (QED) is 0.868. The van der Waals surface area contributed by atoms with Gasteiger partial charge in [0, 0.05) is 17.8 Å². The van der Waals surface area contributed by atoms with E-state index >= 15 is 0 Å². The van der Waals surface area contributed by atoms with Gasteiger partial charge in [0.05, 0.1) is 7.11 Å². The molecule has 0 saturated carbocycles. The number of carbonyl (C=O) groups is 1. The first-order valence-electron chi connectivity index (χ1n) is 7.82. The van der Waals surface area contributed by atoms with Crippen LogP contribution in [-0.4, -0.2) is 25.2 Å². The summed E-state index contributed by atoms with van der Waals surface area (Å²) in [4.78, 5) is 14.7. The zero-order valence-corrected chi connectivity index (χ0v) is 13.7. The van der Waals surface area contributed by atoms with Crippen molar-refractivity contribution in [1.29, 1.82) is 0 Å². The van der Waals surface area contributed by atoms with Gasteiger partial charge in [-0.05, 0) is 44.0 Å². The van der Waals surface area contributed by atoms with Crippen LogP contribution in [0.3, 0.4) is 0 Å². The molecular weight excluding hydrogens is 290 g/mol. The second-order valence-corrected chi connectivity index (χ2v) is 5.83. The number of benzene rings is 2. The molecule has 0 bridgehead atoms. The first-order chi connectivity index (χ1) is 11.1. The average molecular weight is 311 g/mol. The van der Waals surface area contributed by atoms with E-state index in [0.29, 0.717) is 11.5 Å². The lowest BCUT2D eigenvalue weighted by molar-refractivity contribution is -0.124. The molecule has 3 rings (SSSR count). The Labute approximate surface area is 136 Å². The van der Waals surface area contributed by atoms with Gasteiger partial charge < -0.3 is 14.4 Å². The Kier molecular flexibility index (Phi) is 4.24. The number of anilines is 1. The van der Waals surface area contributed by atoms with Gasteiger partial charge >= 0.3 is 0 Å². The minimum Gasteiger partial charge on any atom is -0.497 e. The lowest BCUT2D eigenvalue weighted by atomic mass is 10.1. The van der Waals surface area contributed by atoms with Crippen molar-refractivity contribution in [2.24, 2.45) is 0 Å². The molecule has 1 amide bonds. The second kappa shape index (κ2) is 6.32. The number of carbonyl (C=O) groups excluding carboxylic acids is 1. The minimum atomic E-state index is -0.560. The Morgan fingerprint density at radius 3 is 2.70 bits per heavy atom. The van der Waals surface area contributed by atoms with Crippen LogP contribution in [0.25, 0.3) is 0 Å². The molecule has 0 fully saturated rings. The number of ether oxygens (including phenoxy) is 2.